The molecule has 1 saturated heterocycles. The Kier molecular flexibility index (Phi) is 4.70. The predicted molar refractivity (Wildman–Crippen MR) is 54.7 cm³/mol. The van der Waals surface area contributed by atoms with Crippen molar-refractivity contribution < 1.29 is 4.74 Å². The minimum atomic E-state index is 0.459. The SMILES string of the molecule is COC1CCN(C(C)CCCN)C1. The molecule has 2 N–H and O–H groups in total. The summed E-state index contributed by atoms with van der Waals surface area (Å²) in [6.07, 6.45) is 3.99. The van der Waals surface area contributed by atoms with Crippen LogP contribution in [0.1, 0.15) is 26.2 Å². The fraction of sp³-hybridized carbons (Fsp3) is 1.00. The van der Waals surface area contributed by atoms with Crippen LogP contribution in [-0.2, 0) is 4.74 Å². The van der Waals surface area contributed by atoms with Gasteiger partial charge in [-0.05, 0) is 32.7 Å². The molecule has 3 nitrogen and oxygen atoms in total. The van der Waals surface area contributed by atoms with Gasteiger partial charge in [0.15, 0.2) is 0 Å². The van der Waals surface area contributed by atoms with Gasteiger partial charge >= 0.3 is 0 Å². The van der Waals surface area contributed by atoms with Crippen molar-refractivity contribution in [2.75, 3.05) is 26.7 Å². The largest absolute Gasteiger partial charge is 0.380 e. The van der Waals surface area contributed by atoms with E-state index < -0.39 is 0 Å². The van der Waals surface area contributed by atoms with Gasteiger partial charge in [-0.1, -0.05) is 0 Å². The third kappa shape index (κ3) is 3.25. The third-order valence-corrected chi connectivity index (χ3v) is 2.96. The van der Waals surface area contributed by atoms with Crippen molar-refractivity contribution >= 4 is 0 Å². The van der Waals surface area contributed by atoms with Gasteiger partial charge in [0, 0.05) is 26.2 Å². The zero-order valence-corrected chi connectivity index (χ0v) is 8.83. The van der Waals surface area contributed by atoms with Gasteiger partial charge in [0.2, 0.25) is 0 Å². The maximum atomic E-state index is 5.49. The maximum Gasteiger partial charge on any atom is 0.0710 e. The van der Waals surface area contributed by atoms with E-state index in [0.717, 1.165) is 19.5 Å². The van der Waals surface area contributed by atoms with Gasteiger partial charge in [0.05, 0.1) is 6.10 Å². The number of rotatable bonds is 5. The van der Waals surface area contributed by atoms with E-state index >= 15 is 0 Å². The highest BCUT2D eigenvalue weighted by molar-refractivity contribution is 4.79. The van der Waals surface area contributed by atoms with Crippen molar-refractivity contribution in [3.8, 4) is 0 Å². The summed E-state index contributed by atoms with van der Waals surface area (Å²) < 4.78 is 5.33. The van der Waals surface area contributed by atoms with Crippen LogP contribution in [0, 0.1) is 0 Å². The third-order valence-electron chi connectivity index (χ3n) is 2.96. The first kappa shape index (κ1) is 11.0. The normalized spacial score (nSPS) is 26.5. The molecule has 1 heterocycles. The lowest BCUT2D eigenvalue weighted by atomic mass is 10.1. The second-order valence-electron chi connectivity index (χ2n) is 3.92. The van der Waals surface area contributed by atoms with E-state index in [9.17, 15) is 0 Å². The highest BCUT2D eigenvalue weighted by Gasteiger charge is 2.25. The summed E-state index contributed by atoms with van der Waals surface area (Å²) in [6, 6.07) is 0.670. The molecule has 0 aromatic heterocycles. The first-order chi connectivity index (χ1) is 6.27. The van der Waals surface area contributed by atoms with Crippen molar-refractivity contribution in [3.05, 3.63) is 0 Å². The predicted octanol–water partition coefficient (Wildman–Crippen LogP) is 0.834. The Hall–Kier alpha value is -0.120. The molecule has 2 unspecified atom stereocenters. The molecule has 2 atom stereocenters. The Balaban J connectivity index is 2.20. The molecular weight excluding hydrogens is 164 g/mol. The minimum Gasteiger partial charge on any atom is -0.380 e. The molecule has 13 heavy (non-hydrogen) atoms. The fourth-order valence-electron chi connectivity index (χ4n) is 1.94. The van der Waals surface area contributed by atoms with Crippen LogP contribution in [0.25, 0.3) is 0 Å². The fourth-order valence-corrected chi connectivity index (χ4v) is 1.94. The van der Waals surface area contributed by atoms with Crippen molar-refractivity contribution in [1.29, 1.82) is 0 Å². The standard InChI is InChI=1S/C10H22N2O/c1-9(4-3-6-11)12-7-5-10(8-12)13-2/h9-10H,3-8,11H2,1-2H3. The topological polar surface area (TPSA) is 38.5 Å². The average Bonchev–Trinajstić information content (AvgIpc) is 2.62. The van der Waals surface area contributed by atoms with Gasteiger partial charge in [-0.3, -0.25) is 4.90 Å². The van der Waals surface area contributed by atoms with Crippen molar-refractivity contribution in [2.24, 2.45) is 5.73 Å². The van der Waals surface area contributed by atoms with E-state index in [2.05, 4.69) is 11.8 Å². The van der Waals surface area contributed by atoms with Crippen LogP contribution in [0.15, 0.2) is 0 Å². The minimum absolute atomic E-state index is 0.459. The van der Waals surface area contributed by atoms with E-state index in [-0.39, 0.29) is 0 Å². The molecule has 0 saturated carbocycles. The Morgan fingerprint density at radius 3 is 2.92 bits per heavy atom. The monoisotopic (exact) mass is 186 g/mol. The smallest absolute Gasteiger partial charge is 0.0710 e. The second kappa shape index (κ2) is 5.58. The molecule has 0 aliphatic carbocycles. The first-order valence-corrected chi connectivity index (χ1v) is 5.24. The zero-order chi connectivity index (χ0) is 9.68. The zero-order valence-electron chi connectivity index (χ0n) is 8.83. The van der Waals surface area contributed by atoms with Crippen molar-refractivity contribution in [1.82, 2.24) is 4.90 Å². The summed E-state index contributed by atoms with van der Waals surface area (Å²) in [5, 5.41) is 0. The summed E-state index contributed by atoms with van der Waals surface area (Å²) in [5.41, 5.74) is 5.49. The number of ether oxygens (including phenoxy) is 1. The van der Waals surface area contributed by atoms with Crippen LogP contribution in [-0.4, -0.2) is 43.8 Å². The number of hydrogen-bond acceptors (Lipinski definition) is 3. The van der Waals surface area contributed by atoms with E-state index in [0.29, 0.717) is 12.1 Å². The first-order valence-electron chi connectivity index (χ1n) is 5.24. The summed E-state index contributed by atoms with van der Waals surface area (Å²) in [5.74, 6) is 0. The molecule has 0 amide bonds. The quantitative estimate of drug-likeness (QED) is 0.691. The molecule has 0 aromatic carbocycles. The van der Waals surface area contributed by atoms with Gasteiger partial charge in [0.1, 0.15) is 0 Å². The summed E-state index contributed by atoms with van der Waals surface area (Å²) in [4.78, 5) is 2.50. The van der Waals surface area contributed by atoms with Crippen LogP contribution in [0.2, 0.25) is 0 Å². The molecule has 0 radical (unpaired) electrons. The number of methoxy groups -OCH3 is 1. The average molecular weight is 186 g/mol. The number of hydrogen-bond donors (Lipinski definition) is 1. The maximum absolute atomic E-state index is 5.49. The van der Waals surface area contributed by atoms with Crippen LogP contribution in [0.5, 0.6) is 0 Å². The number of nitrogens with zero attached hydrogens (tertiary/aromatic N) is 1. The van der Waals surface area contributed by atoms with Crippen LogP contribution >= 0.6 is 0 Å². The number of likely N-dealkylation sites (tertiary alicyclic amines) is 1. The summed E-state index contributed by atoms with van der Waals surface area (Å²) >= 11 is 0. The second-order valence-corrected chi connectivity index (χ2v) is 3.92. The lowest BCUT2D eigenvalue weighted by Gasteiger charge is -2.23. The highest BCUT2D eigenvalue weighted by Crippen LogP contribution is 2.16. The molecule has 0 aromatic rings. The Bertz CT molecular complexity index is 141. The molecule has 0 bridgehead atoms. The van der Waals surface area contributed by atoms with Gasteiger partial charge in [0.25, 0.3) is 0 Å². The van der Waals surface area contributed by atoms with E-state index in [1.165, 1.54) is 19.4 Å². The molecule has 1 fully saturated rings. The summed E-state index contributed by atoms with van der Waals surface area (Å²) in [7, 11) is 1.80. The van der Waals surface area contributed by atoms with Crippen molar-refractivity contribution in [3.63, 3.8) is 0 Å². The van der Waals surface area contributed by atoms with Gasteiger partial charge in [-0.25, -0.2) is 0 Å². The van der Waals surface area contributed by atoms with Crippen LogP contribution in [0.4, 0.5) is 0 Å². The number of nitrogens with two attached hydrogens (primary N) is 1. The molecule has 1 aliphatic rings. The molecule has 1 rings (SSSR count). The molecule has 78 valence electrons. The Labute approximate surface area is 81.2 Å². The molecule has 1 aliphatic heterocycles. The van der Waals surface area contributed by atoms with Gasteiger partial charge < -0.3 is 10.5 Å². The summed E-state index contributed by atoms with van der Waals surface area (Å²) in [6.45, 7) is 5.38. The van der Waals surface area contributed by atoms with Gasteiger partial charge in [-0.15, -0.1) is 0 Å². The highest BCUT2D eigenvalue weighted by atomic mass is 16.5. The lowest BCUT2D eigenvalue weighted by molar-refractivity contribution is 0.101. The lowest BCUT2D eigenvalue weighted by Crippen LogP contribution is -2.32. The Morgan fingerprint density at radius 2 is 2.38 bits per heavy atom. The molecule has 0 spiro atoms. The Morgan fingerprint density at radius 1 is 1.62 bits per heavy atom. The van der Waals surface area contributed by atoms with E-state index in [1.54, 1.807) is 7.11 Å². The van der Waals surface area contributed by atoms with E-state index in [1.807, 2.05) is 0 Å². The van der Waals surface area contributed by atoms with Crippen molar-refractivity contribution in [2.45, 2.75) is 38.3 Å². The van der Waals surface area contributed by atoms with E-state index in [4.69, 9.17) is 10.5 Å². The van der Waals surface area contributed by atoms with Crippen LogP contribution in [0.3, 0.4) is 0 Å². The molecule has 3 heteroatoms. The molecular formula is C10H22N2O. The van der Waals surface area contributed by atoms with Gasteiger partial charge in [-0.2, -0.15) is 0 Å². The van der Waals surface area contributed by atoms with Crippen LogP contribution < -0.4 is 5.73 Å².